The largest absolute Gasteiger partial charge is 0.464 e. The van der Waals surface area contributed by atoms with Crippen LogP contribution in [0.4, 0.5) is 11.9 Å². The molecule has 1 aromatic rings. The molecule has 1 rings (SSSR count). The minimum absolute atomic E-state index is 0.0988. The van der Waals surface area contributed by atoms with E-state index in [-0.39, 0.29) is 18.5 Å². The molecule has 118 valence electrons. The van der Waals surface area contributed by atoms with Crippen molar-refractivity contribution in [3.8, 4) is 6.01 Å². The Hall–Kier alpha value is -2.12. The number of rotatable bonds is 9. The number of hydrogen-bond donors (Lipinski definition) is 2. The Balaban J connectivity index is 3.00. The lowest BCUT2D eigenvalue weighted by Crippen LogP contribution is -2.36. The van der Waals surface area contributed by atoms with Crippen LogP contribution in [-0.4, -0.2) is 54.1 Å². The average molecular weight is 296 g/mol. The molecule has 0 atom stereocenters. The van der Waals surface area contributed by atoms with Crippen LogP contribution in [0.1, 0.15) is 27.2 Å². The smallest absolute Gasteiger partial charge is 0.323 e. The van der Waals surface area contributed by atoms with Gasteiger partial charge in [-0.2, -0.15) is 15.0 Å². The number of carbonyl (C=O) groups is 1. The van der Waals surface area contributed by atoms with Crippen LogP contribution in [0.5, 0.6) is 6.01 Å². The van der Waals surface area contributed by atoms with E-state index in [1.54, 1.807) is 11.9 Å². The zero-order valence-corrected chi connectivity index (χ0v) is 13.1. The van der Waals surface area contributed by atoms with Crippen molar-refractivity contribution in [1.82, 2.24) is 20.3 Å². The molecule has 1 aromatic heterocycles. The van der Waals surface area contributed by atoms with Gasteiger partial charge in [0.05, 0.1) is 13.2 Å². The van der Waals surface area contributed by atoms with Crippen molar-refractivity contribution in [3.05, 3.63) is 0 Å². The van der Waals surface area contributed by atoms with E-state index in [0.29, 0.717) is 25.0 Å². The van der Waals surface area contributed by atoms with Gasteiger partial charge in [0.25, 0.3) is 0 Å². The maximum atomic E-state index is 11.6. The molecule has 8 nitrogen and oxygen atoms in total. The highest BCUT2D eigenvalue weighted by atomic mass is 16.5. The summed E-state index contributed by atoms with van der Waals surface area (Å²) < 4.78 is 5.36. The predicted molar refractivity (Wildman–Crippen MR) is 81.7 cm³/mol. The highest BCUT2D eigenvalue weighted by Crippen LogP contribution is 2.15. The molecule has 1 heterocycles. The summed E-state index contributed by atoms with van der Waals surface area (Å²) in [6, 6.07) is 0.261. The molecule has 0 aliphatic heterocycles. The van der Waals surface area contributed by atoms with Crippen LogP contribution in [-0.2, 0) is 4.79 Å². The minimum Gasteiger partial charge on any atom is -0.464 e. The van der Waals surface area contributed by atoms with E-state index in [9.17, 15) is 4.79 Å². The van der Waals surface area contributed by atoms with E-state index in [1.807, 2.05) is 13.8 Å². The summed E-state index contributed by atoms with van der Waals surface area (Å²) in [5, 5.41) is 5.70. The second kappa shape index (κ2) is 8.93. The van der Waals surface area contributed by atoms with Gasteiger partial charge >= 0.3 is 6.01 Å². The van der Waals surface area contributed by atoms with E-state index >= 15 is 0 Å². The maximum Gasteiger partial charge on any atom is 0.323 e. The SMILES string of the molecule is CCCNc1nc(OCC)nc(N(CC)CC(=O)NC)n1. The van der Waals surface area contributed by atoms with Crippen molar-refractivity contribution in [2.75, 3.05) is 43.5 Å². The number of anilines is 2. The highest BCUT2D eigenvalue weighted by molar-refractivity contribution is 5.80. The van der Waals surface area contributed by atoms with Crippen LogP contribution in [0.2, 0.25) is 0 Å². The first-order valence-corrected chi connectivity index (χ1v) is 7.22. The first-order chi connectivity index (χ1) is 10.1. The molecular formula is C13H24N6O2. The molecule has 0 aliphatic carbocycles. The number of nitrogens with zero attached hydrogens (tertiary/aromatic N) is 4. The van der Waals surface area contributed by atoms with Crippen molar-refractivity contribution in [2.24, 2.45) is 0 Å². The average Bonchev–Trinajstić information content (AvgIpc) is 2.50. The van der Waals surface area contributed by atoms with Gasteiger partial charge in [0.2, 0.25) is 17.8 Å². The van der Waals surface area contributed by atoms with Crippen molar-refractivity contribution in [1.29, 1.82) is 0 Å². The molecule has 0 aliphatic rings. The summed E-state index contributed by atoms with van der Waals surface area (Å²) in [5.41, 5.74) is 0. The van der Waals surface area contributed by atoms with E-state index in [1.165, 1.54) is 0 Å². The maximum absolute atomic E-state index is 11.6. The molecule has 0 bridgehead atoms. The second-order valence-electron chi connectivity index (χ2n) is 4.29. The molecule has 0 aromatic carbocycles. The van der Waals surface area contributed by atoms with E-state index in [4.69, 9.17) is 4.74 Å². The lowest BCUT2D eigenvalue weighted by molar-refractivity contribution is -0.119. The summed E-state index contributed by atoms with van der Waals surface area (Å²) in [6.07, 6.45) is 0.959. The standard InChI is InChI=1S/C13H24N6O2/c1-5-8-15-11-16-12(18-13(17-11)21-7-3)19(6-2)9-10(20)14-4/h5-9H2,1-4H3,(H,14,20)(H,15,16,17,18). The Bertz CT molecular complexity index is 454. The first kappa shape index (κ1) is 16.9. The lowest BCUT2D eigenvalue weighted by Gasteiger charge is -2.20. The van der Waals surface area contributed by atoms with Crippen LogP contribution in [0, 0.1) is 0 Å². The number of ether oxygens (including phenoxy) is 1. The number of hydrogen-bond acceptors (Lipinski definition) is 7. The summed E-state index contributed by atoms with van der Waals surface area (Å²) in [7, 11) is 1.60. The van der Waals surface area contributed by atoms with E-state index in [2.05, 4.69) is 32.5 Å². The Morgan fingerprint density at radius 1 is 1.24 bits per heavy atom. The third-order valence-electron chi connectivity index (χ3n) is 2.69. The second-order valence-corrected chi connectivity index (χ2v) is 4.29. The van der Waals surface area contributed by atoms with Crippen molar-refractivity contribution >= 4 is 17.8 Å². The van der Waals surface area contributed by atoms with Crippen molar-refractivity contribution in [2.45, 2.75) is 27.2 Å². The third kappa shape index (κ3) is 5.41. The Kier molecular flexibility index (Phi) is 7.20. The van der Waals surface area contributed by atoms with Gasteiger partial charge in [-0.05, 0) is 20.3 Å². The molecule has 0 saturated carbocycles. The highest BCUT2D eigenvalue weighted by Gasteiger charge is 2.15. The molecular weight excluding hydrogens is 272 g/mol. The van der Waals surface area contributed by atoms with Gasteiger partial charge in [0.15, 0.2) is 0 Å². The first-order valence-electron chi connectivity index (χ1n) is 7.22. The van der Waals surface area contributed by atoms with Gasteiger partial charge in [0, 0.05) is 20.1 Å². The molecule has 1 amide bonds. The molecule has 0 radical (unpaired) electrons. The van der Waals surface area contributed by atoms with Gasteiger partial charge in [-0.3, -0.25) is 4.79 Å². The Morgan fingerprint density at radius 3 is 2.57 bits per heavy atom. The van der Waals surface area contributed by atoms with Crippen molar-refractivity contribution in [3.63, 3.8) is 0 Å². The monoisotopic (exact) mass is 296 g/mol. The Morgan fingerprint density at radius 2 is 2.00 bits per heavy atom. The quantitative estimate of drug-likeness (QED) is 0.691. The molecule has 0 unspecified atom stereocenters. The fourth-order valence-corrected chi connectivity index (χ4v) is 1.57. The molecule has 2 N–H and O–H groups in total. The van der Waals surface area contributed by atoms with Gasteiger partial charge in [-0.25, -0.2) is 0 Å². The fourth-order valence-electron chi connectivity index (χ4n) is 1.57. The summed E-state index contributed by atoms with van der Waals surface area (Å²) >= 11 is 0. The number of aromatic nitrogens is 3. The molecule has 0 fully saturated rings. The Labute approximate surface area is 125 Å². The predicted octanol–water partition coefficient (Wildman–Crippen LogP) is 0.664. The number of carbonyl (C=O) groups excluding carboxylic acids is 1. The van der Waals surface area contributed by atoms with Crippen LogP contribution < -0.4 is 20.3 Å². The van der Waals surface area contributed by atoms with Gasteiger partial charge < -0.3 is 20.3 Å². The third-order valence-corrected chi connectivity index (χ3v) is 2.69. The van der Waals surface area contributed by atoms with E-state index in [0.717, 1.165) is 13.0 Å². The van der Waals surface area contributed by atoms with Crippen LogP contribution in [0.15, 0.2) is 0 Å². The number of nitrogens with one attached hydrogen (secondary N) is 2. The summed E-state index contributed by atoms with van der Waals surface area (Å²) in [6.45, 7) is 7.89. The number of likely N-dealkylation sites (N-methyl/N-ethyl adjacent to an activating group) is 2. The van der Waals surface area contributed by atoms with Gasteiger partial charge in [-0.15, -0.1) is 0 Å². The summed E-state index contributed by atoms with van der Waals surface area (Å²) in [5.74, 6) is 0.789. The fraction of sp³-hybridized carbons (Fsp3) is 0.692. The lowest BCUT2D eigenvalue weighted by atomic mass is 10.5. The topological polar surface area (TPSA) is 92.3 Å². The number of amides is 1. The molecule has 21 heavy (non-hydrogen) atoms. The zero-order valence-electron chi connectivity index (χ0n) is 13.1. The van der Waals surface area contributed by atoms with Gasteiger partial charge in [-0.1, -0.05) is 6.92 Å². The molecule has 0 saturated heterocycles. The molecule has 8 heteroatoms. The minimum atomic E-state index is -0.0988. The normalized spacial score (nSPS) is 10.1. The van der Waals surface area contributed by atoms with Crippen LogP contribution >= 0.6 is 0 Å². The van der Waals surface area contributed by atoms with Crippen LogP contribution in [0.25, 0.3) is 0 Å². The van der Waals surface area contributed by atoms with E-state index < -0.39 is 0 Å². The van der Waals surface area contributed by atoms with Gasteiger partial charge in [0.1, 0.15) is 0 Å². The van der Waals surface area contributed by atoms with Crippen LogP contribution in [0.3, 0.4) is 0 Å². The summed E-state index contributed by atoms with van der Waals surface area (Å²) in [4.78, 5) is 26.1. The molecule has 0 spiro atoms. The van der Waals surface area contributed by atoms with Crippen molar-refractivity contribution < 1.29 is 9.53 Å². The zero-order chi connectivity index (χ0) is 15.7.